The third-order valence-corrected chi connectivity index (χ3v) is 8.04. The van der Waals surface area contributed by atoms with Gasteiger partial charge in [-0.25, -0.2) is 8.42 Å². The van der Waals surface area contributed by atoms with Crippen molar-refractivity contribution in [2.24, 2.45) is 11.8 Å². The topological polar surface area (TPSA) is 75.7 Å². The number of benzene rings is 1. The normalized spacial score (nSPS) is 32.9. The number of nitrogens with zero attached hydrogens (tertiary/aromatic N) is 1. The minimum atomic E-state index is -3.21. The van der Waals surface area contributed by atoms with Gasteiger partial charge in [0.15, 0.2) is 0 Å². The zero-order chi connectivity index (χ0) is 19.1. The van der Waals surface area contributed by atoms with Gasteiger partial charge in [-0.05, 0) is 31.4 Å². The lowest BCUT2D eigenvalue weighted by atomic mass is 9.73. The first-order valence-corrected chi connectivity index (χ1v) is 11.2. The molecule has 3 fully saturated rings. The van der Waals surface area contributed by atoms with Crippen LogP contribution in [0.4, 0.5) is 0 Å². The van der Waals surface area contributed by atoms with E-state index in [2.05, 4.69) is 5.32 Å². The number of nitrogens with one attached hydrogen (secondary N) is 1. The van der Waals surface area contributed by atoms with Gasteiger partial charge < -0.3 is 10.1 Å². The highest BCUT2D eigenvalue weighted by atomic mass is 32.2. The molecule has 0 unspecified atom stereocenters. The summed E-state index contributed by atoms with van der Waals surface area (Å²) in [7, 11) is -3.21. The van der Waals surface area contributed by atoms with Crippen LogP contribution in [0.3, 0.4) is 0 Å². The molecule has 146 valence electrons. The molecule has 4 rings (SSSR count). The summed E-state index contributed by atoms with van der Waals surface area (Å²) in [6.45, 7) is 3.17. The van der Waals surface area contributed by atoms with Crippen molar-refractivity contribution in [3.8, 4) is 0 Å². The van der Waals surface area contributed by atoms with Gasteiger partial charge >= 0.3 is 0 Å². The molecule has 27 heavy (non-hydrogen) atoms. The number of rotatable bonds is 6. The molecule has 1 N–H and O–H groups in total. The van der Waals surface area contributed by atoms with Crippen LogP contribution in [0, 0.1) is 11.8 Å². The van der Waals surface area contributed by atoms with Crippen LogP contribution in [0.15, 0.2) is 36.4 Å². The van der Waals surface area contributed by atoms with E-state index in [0.29, 0.717) is 19.6 Å². The first kappa shape index (κ1) is 18.7. The number of hydrogen-bond donors (Lipinski definition) is 1. The van der Waals surface area contributed by atoms with Gasteiger partial charge in [-0.1, -0.05) is 30.3 Å². The van der Waals surface area contributed by atoms with Crippen molar-refractivity contribution in [2.45, 2.75) is 31.5 Å². The highest BCUT2D eigenvalue weighted by Gasteiger charge is 2.64. The molecular weight excluding hydrogens is 364 g/mol. The van der Waals surface area contributed by atoms with Crippen LogP contribution < -0.4 is 5.32 Å². The average molecular weight is 391 g/mol. The van der Waals surface area contributed by atoms with Crippen molar-refractivity contribution in [1.82, 2.24) is 9.62 Å². The Morgan fingerprint density at radius 2 is 2.15 bits per heavy atom. The molecule has 6 nitrogen and oxygen atoms in total. The van der Waals surface area contributed by atoms with E-state index in [9.17, 15) is 13.2 Å². The van der Waals surface area contributed by atoms with Crippen LogP contribution in [0.5, 0.6) is 0 Å². The summed E-state index contributed by atoms with van der Waals surface area (Å²) in [4.78, 5) is 12.2. The number of carbonyl (C=O) groups is 1. The van der Waals surface area contributed by atoms with Crippen LogP contribution in [-0.2, 0) is 19.6 Å². The van der Waals surface area contributed by atoms with E-state index in [-0.39, 0.29) is 35.2 Å². The van der Waals surface area contributed by atoms with Gasteiger partial charge in [-0.3, -0.25) is 4.79 Å². The van der Waals surface area contributed by atoms with Crippen molar-refractivity contribution >= 4 is 22.0 Å². The van der Waals surface area contributed by atoms with Gasteiger partial charge in [-0.15, -0.1) is 0 Å². The maximum absolute atomic E-state index is 12.3. The number of ether oxygens (including phenoxy) is 1. The summed E-state index contributed by atoms with van der Waals surface area (Å²) in [6.07, 6.45) is 5.31. The highest BCUT2D eigenvalue weighted by Crippen LogP contribution is 2.55. The van der Waals surface area contributed by atoms with Crippen LogP contribution in [-0.4, -0.2) is 55.7 Å². The Labute approximate surface area is 160 Å². The van der Waals surface area contributed by atoms with E-state index in [0.717, 1.165) is 18.4 Å². The van der Waals surface area contributed by atoms with Gasteiger partial charge in [0.1, 0.15) is 0 Å². The summed E-state index contributed by atoms with van der Waals surface area (Å²) in [6, 6.07) is 9.68. The minimum absolute atomic E-state index is 0.116. The zero-order valence-electron chi connectivity index (χ0n) is 15.5. The first-order valence-electron chi connectivity index (χ1n) is 9.60. The Morgan fingerprint density at radius 3 is 2.89 bits per heavy atom. The Kier molecular flexibility index (Phi) is 4.86. The lowest BCUT2D eigenvalue weighted by Crippen LogP contribution is -2.41. The molecule has 1 spiro atoms. The van der Waals surface area contributed by atoms with Gasteiger partial charge in [0, 0.05) is 37.5 Å². The molecule has 0 radical (unpaired) electrons. The highest BCUT2D eigenvalue weighted by molar-refractivity contribution is 7.89. The Hall–Kier alpha value is -1.70. The van der Waals surface area contributed by atoms with Crippen molar-refractivity contribution in [3.63, 3.8) is 0 Å². The third kappa shape index (κ3) is 3.44. The van der Waals surface area contributed by atoms with Gasteiger partial charge in [0.05, 0.1) is 17.5 Å². The Bertz CT molecular complexity index is 839. The fraction of sp³-hybridized carbons (Fsp3) is 0.550. The van der Waals surface area contributed by atoms with E-state index in [1.807, 2.05) is 30.3 Å². The van der Waals surface area contributed by atoms with Crippen molar-refractivity contribution in [2.75, 3.05) is 25.4 Å². The van der Waals surface area contributed by atoms with Crippen LogP contribution in [0.25, 0.3) is 6.08 Å². The number of amides is 1. The molecule has 0 aromatic heterocycles. The SMILES string of the molecule is CCS(=O)(=O)N1C[C@@H]2[C@H](CNC(=O)/C=C/c3ccccc3)[C@H]3CC[C@]2(C1)O3. The quantitative estimate of drug-likeness (QED) is 0.750. The van der Waals surface area contributed by atoms with Gasteiger partial charge in [0.2, 0.25) is 15.9 Å². The van der Waals surface area contributed by atoms with E-state index in [1.54, 1.807) is 23.4 Å². The smallest absolute Gasteiger partial charge is 0.244 e. The molecule has 3 heterocycles. The molecule has 3 saturated heterocycles. The molecule has 1 aromatic carbocycles. The monoisotopic (exact) mass is 390 g/mol. The lowest BCUT2D eigenvalue weighted by molar-refractivity contribution is -0.116. The Morgan fingerprint density at radius 1 is 1.37 bits per heavy atom. The van der Waals surface area contributed by atoms with Crippen molar-refractivity contribution in [1.29, 1.82) is 0 Å². The second-order valence-electron chi connectivity index (χ2n) is 7.71. The number of hydrogen-bond acceptors (Lipinski definition) is 4. The molecule has 1 amide bonds. The molecule has 3 aliphatic rings. The Balaban J connectivity index is 1.39. The number of sulfonamides is 1. The second kappa shape index (κ2) is 7.04. The molecule has 4 atom stereocenters. The van der Waals surface area contributed by atoms with Gasteiger partial charge in [-0.2, -0.15) is 4.31 Å². The van der Waals surface area contributed by atoms with Crippen LogP contribution in [0.1, 0.15) is 25.3 Å². The number of carbonyl (C=O) groups excluding carboxylic acids is 1. The van der Waals surface area contributed by atoms with Crippen molar-refractivity contribution < 1.29 is 17.9 Å². The summed E-state index contributed by atoms with van der Waals surface area (Å²) in [5, 5.41) is 2.98. The molecule has 0 aliphatic carbocycles. The fourth-order valence-corrected chi connectivity index (χ4v) is 6.00. The summed E-state index contributed by atoms with van der Waals surface area (Å²) in [5.41, 5.74) is 0.633. The first-order chi connectivity index (χ1) is 12.9. The molecular formula is C20H26N2O4S. The predicted octanol–water partition coefficient (Wildman–Crippen LogP) is 1.65. The lowest BCUT2D eigenvalue weighted by Gasteiger charge is -2.29. The van der Waals surface area contributed by atoms with E-state index in [4.69, 9.17) is 4.74 Å². The summed E-state index contributed by atoms with van der Waals surface area (Å²) < 4.78 is 32.4. The molecule has 3 aliphatic heterocycles. The van der Waals surface area contributed by atoms with E-state index >= 15 is 0 Å². The maximum atomic E-state index is 12.3. The fourth-order valence-electron chi connectivity index (χ4n) is 4.83. The van der Waals surface area contributed by atoms with Crippen molar-refractivity contribution in [3.05, 3.63) is 42.0 Å². The summed E-state index contributed by atoms with van der Waals surface area (Å²) in [5.74, 6) is 0.317. The minimum Gasteiger partial charge on any atom is -0.370 e. The maximum Gasteiger partial charge on any atom is 0.244 e. The van der Waals surface area contributed by atoms with E-state index in [1.165, 1.54) is 0 Å². The standard InChI is InChI=1S/C20H26N2O4S/c1-2-27(24,25)22-13-17-16(18-10-11-20(17,14-22)26-18)12-21-19(23)9-8-15-6-4-3-5-7-15/h3-9,16-18H,2,10-14H2,1H3,(H,21,23)/b9-8+/t16-,17+,18+,20+/m0/s1. The second-order valence-corrected chi connectivity index (χ2v) is 9.97. The third-order valence-electron chi connectivity index (χ3n) is 6.25. The largest absolute Gasteiger partial charge is 0.370 e. The predicted molar refractivity (Wildman–Crippen MR) is 103 cm³/mol. The van der Waals surface area contributed by atoms with Crippen LogP contribution in [0.2, 0.25) is 0 Å². The number of fused-ring (bicyclic) bond motifs is 1. The molecule has 1 aromatic rings. The van der Waals surface area contributed by atoms with E-state index < -0.39 is 10.0 Å². The van der Waals surface area contributed by atoms with Gasteiger partial charge in [0.25, 0.3) is 0 Å². The molecule has 7 heteroatoms. The zero-order valence-corrected chi connectivity index (χ0v) is 16.3. The van der Waals surface area contributed by atoms with Crippen LogP contribution >= 0.6 is 0 Å². The summed E-state index contributed by atoms with van der Waals surface area (Å²) >= 11 is 0. The molecule has 2 bridgehead atoms. The molecule has 0 saturated carbocycles. The average Bonchev–Trinajstić information content (AvgIpc) is 3.34.